The minimum Gasteiger partial charge on any atom is -0.394 e. The van der Waals surface area contributed by atoms with Crippen LogP contribution in [0.15, 0.2) is 0 Å². The maximum atomic E-state index is 12.1. The lowest BCUT2D eigenvalue weighted by atomic mass is 10.1. The number of nitrogens with zero attached hydrogens (tertiary/aromatic N) is 2. The van der Waals surface area contributed by atoms with Crippen LogP contribution in [0.5, 0.6) is 0 Å². The summed E-state index contributed by atoms with van der Waals surface area (Å²) in [5.74, 6) is -0.128. The van der Waals surface area contributed by atoms with Crippen LogP contribution < -0.4 is 0 Å². The molecule has 0 aromatic carbocycles. The molecule has 1 unspecified atom stereocenters. The quantitative estimate of drug-likeness (QED) is 0.687. The number of aliphatic hydroxyl groups is 1. The SMILES string of the molecule is CN1CC(C(=O)N2CCC[C@@H]2CO)CC1=O. The molecule has 16 heavy (non-hydrogen) atoms. The average molecular weight is 226 g/mol. The van der Waals surface area contributed by atoms with Crippen molar-refractivity contribution in [1.82, 2.24) is 9.80 Å². The van der Waals surface area contributed by atoms with E-state index in [-0.39, 0.29) is 30.4 Å². The lowest BCUT2D eigenvalue weighted by Gasteiger charge is -2.25. The van der Waals surface area contributed by atoms with Gasteiger partial charge in [-0.1, -0.05) is 0 Å². The largest absolute Gasteiger partial charge is 0.394 e. The fourth-order valence-corrected chi connectivity index (χ4v) is 2.58. The summed E-state index contributed by atoms with van der Waals surface area (Å²) in [6.07, 6.45) is 2.15. The predicted octanol–water partition coefficient (Wildman–Crippen LogP) is -0.552. The van der Waals surface area contributed by atoms with Crippen molar-refractivity contribution < 1.29 is 14.7 Å². The van der Waals surface area contributed by atoms with Gasteiger partial charge in [0.2, 0.25) is 11.8 Å². The van der Waals surface area contributed by atoms with Crippen molar-refractivity contribution in [2.75, 3.05) is 26.7 Å². The highest BCUT2D eigenvalue weighted by Gasteiger charge is 2.38. The van der Waals surface area contributed by atoms with Gasteiger partial charge in [0, 0.05) is 26.6 Å². The normalized spacial score (nSPS) is 30.2. The summed E-state index contributed by atoms with van der Waals surface area (Å²) in [4.78, 5) is 26.9. The molecule has 90 valence electrons. The van der Waals surface area contributed by atoms with Crippen molar-refractivity contribution in [3.8, 4) is 0 Å². The number of hydrogen-bond acceptors (Lipinski definition) is 3. The van der Waals surface area contributed by atoms with E-state index in [2.05, 4.69) is 0 Å². The summed E-state index contributed by atoms with van der Waals surface area (Å²) in [6, 6.07) is -0.0338. The Bertz CT molecular complexity index is 306. The van der Waals surface area contributed by atoms with Crippen LogP contribution in [0.1, 0.15) is 19.3 Å². The number of carbonyl (C=O) groups excluding carboxylic acids is 2. The van der Waals surface area contributed by atoms with Crippen molar-refractivity contribution in [1.29, 1.82) is 0 Å². The Balaban J connectivity index is 2.00. The van der Waals surface area contributed by atoms with Crippen LogP contribution in [-0.4, -0.2) is 59.5 Å². The zero-order chi connectivity index (χ0) is 11.7. The van der Waals surface area contributed by atoms with Gasteiger partial charge in [0.15, 0.2) is 0 Å². The number of rotatable bonds is 2. The fourth-order valence-electron chi connectivity index (χ4n) is 2.58. The molecule has 2 saturated heterocycles. The monoisotopic (exact) mass is 226 g/mol. The molecule has 2 fully saturated rings. The highest BCUT2D eigenvalue weighted by molar-refractivity contribution is 5.89. The van der Waals surface area contributed by atoms with Gasteiger partial charge < -0.3 is 14.9 Å². The summed E-state index contributed by atoms with van der Waals surface area (Å²) in [6.45, 7) is 1.27. The molecule has 2 atom stereocenters. The van der Waals surface area contributed by atoms with Gasteiger partial charge in [-0.3, -0.25) is 9.59 Å². The lowest BCUT2D eigenvalue weighted by molar-refractivity contribution is -0.137. The van der Waals surface area contributed by atoms with Gasteiger partial charge >= 0.3 is 0 Å². The zero-order valence-electron chi connectivity index (χ0n) is 9.56. The van der Waals surface area contributed by atoms with E-state index in [0.29, 0.717) is 13.0 Å². The molecule has 2 rings (SSSR count). The van der Waals surface area contributed by atoms with E-state index < -0.39 is 0 Å². The molecule has 0 aromatic rings. The number of amides is 2. The van der Waals surface area contributed by atoms with Crippen molar-refractivity contribution in [3.05, 3.63) is 0 Å². The first-order chi connectivity index (χ1) is 7.63. The van der Waals surface area contributed by atoms with Crippen LogP contribution in [-0.2, 0) is 9.59 Å². The molecule has 0 saturated carbocycles. The molecule has 0 aromatic heterocycles. The smallest absolute Gasteiger partial charge is 0.228 e. The summed E-state index contributed by atoms with van der Waals surface area (Å²) in [5.41, 5.74) is 0. The van der Waals surface area contributed by atoms with Crippen molar-refractivity contribution >= 4 is 11.8 Å². The summed E-state index contributed by atoms with van der Waals surface area (Å²) in [7, 11) is 1.73. The second kappa shape index (κ2) is 4.41. The third-order valence-electron chi connectivity index (χ3n) is 3.56. The third kappa shape index (κ3) is 1.91. The predicted molar refractivity (Wildman–Crippen MR) is 57.6 cm³/mol. The minimum atomic E-state index is -0.204. The highest BCUT2D eigenvalue weighted by atomic mass is 16.3. The van der Waals surface area contributed by atoms with Crippen LogP contribution in [0.25, 0.3) is 0 Å². The average Bonchev–Trinajstić information content (AvgIpc) is 2.85. The van der Waals surface area contributed by atoms with Crippen LogP contribution >= 0.6 is 0 Å². The minimum absolute atomic E-state index is 0.0300. The molecule has 2 aliphatic rings. The Kier molecular flexibility index (Phi) is 3.14. The van der Waals surface area contributed by atoms with E-state index in [0.717, 1.165) is 19.4 Å². The van der Waals surface area contributed by atoms with E-state index in [1.807, 2.05) is 0 Å². The molecule has 0 radical (unpaired) electrons. The zero-order valence-corrected chi connectivity index (χ0v) is 9.56. The highest BCUT2D eigenvalue weighted by Crippen LogP contribution is 2.24. The van der Waals surface area contributed by atoms with E-state index in [9.17, 15) is 9.59 Å². The summed E-state index contributed by atoms with van der Waals surface area (Å²) < 4.78 is 0. The Hall–Kier alpha value is -1.10. The first-order valence-electron chi connectivity index (χ1n) is 5.78. The number of likely N-dealkylation sites (tertiary alicyclic amines) is 2. The first kappa shape index (κ1) is 11.4. The summed E-state index contributed by atoms with van der Waals surface area (Å²) >= 11 is 0. The molecule has 0 spiro atoms. The number of aliphatic hydroxyl groups excluding tert-OH is 1. The molecular formula is C11H18N2O3. The maximum absolute atomic E-state index is 12.1. The molecule has 5 heteroatoms. The molecule has 0 aliphatic carbocycles. The standard InChI is InChI=1S/C11H18N2O3/c1-12-6-8(5-10(12)15)11(16)13-4-2-3-9(13)7-14/h8-9,14H,2-7H2,1H3/t8?,9-/m1/s1. The molecule has 2 amide bonds. The Morgan fingerprint density at radius 3 is 2.88 bits per heavy atom. The fraction of sp³-hybridized carbons (Fsp3) is 0.818. The van der Waals surface area contributed by atoms with Gasteiger partial charge in [-0.25, -0.2) is 0 Å². The van der Waals surface area contributed by atoms with Crippen molar-refractivity contribution in [2.45, 2.75) is 25.3 Å². The molecule has 5 nitrogen and oxygen atoms in total. The Morgan fingerprint density at radius 1 is 1.56 bits per heavy atom. The molecule has 2 aliphatic heterocycles. The van der Waals surface area contributed by atoms with E-state index in [4.69, 9.17) is 5.11 Å². The maximum Gasteiger partial charge on any atom is 0.228 e. The molecule has 2 heterocycles. The van der Waals surface area contributed by atoms with Crippen LogP contribution in [0, 0.1) is 5.92 Å². The number of carbonyl (C=O) groups is 2. The van der Waals surface area contributed by atoms with Crippen LogP contribution in [0.3, 0.4) is 0 Å². The molecular weight excluding hydrogens is 208 g/mol. The Morgan fingerprint density at radius 2 is 2.31 bits per heavy atom. The van der Waals surface area contributed by atoms with Gasteiger partial charge in [0.05, 0.1) is 18.6 Å². The van der Waals surface area contributed by atoms with Crippen LogP contribution in [0.4, 0.5) is 0 Å². The van der Waals surface area contributed by atoms with Gasteiger partial charge in [-0.15, -0.1) is 0 Å². The second-order valence-electron chi connectivity index (χ2n) is 4.69. The van der Waals surface area contributed by atoms with E-state index >= 15 is 0 Å². The van der Waals surface area contributed by atoms with E-state index in [1.165, 1.54) is 0 Å². The molecule has 0 bridgehead atoms. The molecule has 1 N–H and O–H groups in total. The topological polar surface area (TPSA) is 60.9 Å². The van der Waals surface area contributed by atoms with Gasteiger partial charge in [0.25, 0.3) is 0 Å². The first-order valence-corrected chi connectivity index (χ1v) is 5.78. The van der Waals surface area contributed by atoms with Gasteiger partial charge in [0.1, 0.15) is 0 Å². The van der Waals surface area contributed by atoms with Crippen LogP contribution in [0.2, 0.25) is 0 Å². The van der Waals surface area contributed by atoms with Crippen molar-refractivity contribution in [3.63, 3.8) is 0 Å². The van der Waals surface area contributed by atoms with Crippen molar-refractivity contribution in [2.24, 2.45) is 5.92 Å². The Labute approximate surface area is 95.0 Å². The van der Waals surface area contributed by atoms with Gasteiger partial charge in [-0.05, 0) is 12.8 Å². The lowest BCUT2D eigenvalue weighted by Crippen LogP contribution is -2.41. The summed E-state index contributed by atoms with van der Waals surface area (Å²) in [5, 5.41) is 9.16. The van der Waals surface area contributed by atoms with E-state index in [1.54, 1.807) is 16.8 Å². The second-order valence-corrected chi connectivity index (χ2v) is 4.69. The third-order valence-corrected chi connectivity index (χ3v) is 3.56. The number of hydrogen-bond donors (Lipinski definition) is 1. The van der Waals surface area contributed by atoms with Gasteiger partial charge in [-0.2, -0.15) is 0 Å².